The van der Waals surface area contributed by atoms with Gasteiger partial charge >= 0.3 is 0 Å². The monoisotopic (exact) mass is 256 g/mol. The first-order valence-electron chi connectivity index (χ1n) is 6.89. The predicted molar refractivity (Wildman–Crippen MR) is 71.7 cm³/mol. The highest BCUT2D eigenvalue weighted by Gasteiger charge is 2.20. The summed E-state index contributed by atoms with van der Waals surface area (Å²) in [6, 6.07) is 4.28. The number of rotatable bonds is 2. The van der Waals surface area contributed by atoms with Gasteiger partial charge in [-0.05, 0) is 25.0 Å². The molecule has 0 radical (unpaired) electrons. The van der Waals surface area contributed by atoms with Crippen LogP contribution < -0.4 is 0 Å². The molecular weight excluding hydrogens is 240 g/mol. The SMILES string of the molecule is c1coc(-c2nc3c(cnn3C3CCCCC3)[nH]2)c1. The van der Waals surface area contributed by atoms with Crippen molar-refractivity contribution in [3.63, 3.8) is 0 Å². The fraction of sp³-hybridized carbons (Fsp3) is 0.429. The zero-order valence-corrected chi connectivity index (χ0v) is 10.7. The number of imidazole rings is 1. The lowest BCUT2D eigenvalue weighted by atomic mass is 9.96. The van der Waals surface area contributed by atoms with Gasteiger partial charge in [0.15, 0.2) is 17.2 Å². The number of hydrogen-bond acceptors (Lipinski definition) is 3. The number of furan rings is 1. The summed E-state index contributed by atoms with van der Waals surface area (Å²) in [7, 11) is 0. The molecule has 0 aliphatic heterocycles. The van der Waals surface area contributed by atoms with E-state index in [1.165, 1.54) is 32.1 Å². The zero-order chi connectivity index (χ0) is 12.7. The van der Waals surface area contributed by atoms with Gasteiger partial charge in [-0.3, -0.25) is 0 Å². The van der Waals surface area contributed by atoms with Crippen LogP contribution in [-0.4, -0.2) is 19.7 Å². The van der Waals surface area contributed by atoms with Crippen molar-refractivity contribution >= 4 is 11.2 Å². The summed E-state index contributed by atoms with van der Waals surface area (Å²) in [6.07, 6.45) is 9.88. The number of H-pyrrole nitrogens is 1. The maximum absolute atomic E-state index is 5.38. The van der Waals surface area contributed by atoms with Crippen LogP contribution >= 0.6 is 0 Å². The molecule has 0 saturated heterocycles. The van der Waals surface area contributed by atoms with Crippen molar-refractivity contribution in [1.29, 1.82) is 0 Å². The third-order valence-corrected chi connectivity index (χ3v) is 3.92. The standard InChI is InChI=1S/C14H16N4O/c1-2-5-10(6-3-1)18-14-11(9-15-18)16-13(17-14)12-7-4-8-19-12/h4,7-10H,1-3,5-6H2,(H,16,17). The Kier molecular flexibility index (Phi) is 2.43. The van der Waals surface area contributed by atoms with Crippen molar-refractivity contribution in [2.24, 2.45) is 0 Å². The number of aromatic nitrogens is 4. The quantitative estimate of drug-likeness (QED) is 0.763. The van der Waals surface area contributed by atoms with E-state index in [0.717, 1.165) is 22.7 Å². The Hall–Kier alpha value is -2.04. The van der Waals surface area contributed by atoms with Gasteiger partial charge in [0.2, 0.25) is 0 Å². The Morgan fingerprint density at radius 3 is 2.95 bits per heavy atom. The van der Waals surface area contributed by atoms with Gasteiger partial charge in [0.1, 0.15) is 5.52 Å². The smallest absolute Gasteiger partial charge is 0.177 e. The number of nitrogens with zero attached hydrogens (tertiary/aromatic N) is 3. The molecule has 5 nitrogen and oxygen atoms in total. The molecule has 3 aromatic rings. The van der Waals surface area contributed by atoms with Gasteiger partial charge in [-0.15, -0.1) is 0 Å². The number of hydrogen-bond donors (Lipinski definition) is 1. The highest BCUT2D eigenvalue weighted by Crippen LogP contribution is 2.30. The summed E-state index contributed by atoms with van der Waals surface area (Å²) in [4.78, 5) is 7.91. The molecule has 0 atom stereocenters. The maximum Gasteiger partial charge on any atom is 0.177 e. The summed E-state index contributed by atoms with van der Waals surface area (Å²) >= 11 is 0. The van der Waals surface area contributed by atoms with Gasteiger partial charge < -0.3 is 9.40 Å². The van der Waals surface area contributed by atoms with Crippen LogP contribution in [-0.2, 0) is 0 Å². The topological polar surface area (TPSA) is 59.6 Å². The zero-order valence-electron chi connectivity index (χ0n) is 10.7. The average molecular weight is 256 g/mol. The predicted octanol–water partition coefficient (Wildman–Crippen LogP) is 3.52. The first-order chi connectivity index (χ1) is 9.42. The second-order valence-electron chi connectivity index (χ2n) is 5.18. The minimum atomic E-state index is 0.499. The second-order valence-corrected chi connectivity index (χ2v) is 5.18. The first kappa shape index (κ1) is 10.8. The summed E-state index contributed by atoms with van der Waals surface area (Å²) in [5.41, 5.74) is 1.93. The van der Waals surface area contributed by atoms with Gasteiger partial charge in [0.05, 0.1) is 18.5 Å². The summed E-state index contributed by atoms with van der Waals surface area (Å²) in [5, 5.41) is 4.49. The maximum atomic E-state index is 5.38. The molecule has 0 aromatic carbocycles. The Morgan fingerprint density at radius 1 is 1.26 bits per heavy atom. The summed E-state index contributed by atoms with van der Waals surface area (Å²) in [5.74, 6) is 1.55. The van der Waals surface area contributed by atoms with Crippen LogP contribution in [0.3, 0.4) is 0 Å². The average Bonchev–Trinajstić information content (AvgIpc) is 3.15. The molecule has 19 heavy (non-hydrogen) atoms. The van der Waals surface area contributed by atoms with E-state index in [0.29, 0.717) is 6.04 Å². The van der Waals surface area contributed by atoms with Crippen LogP contribution in [0.5, 0.6) is 0 Å². The van der Waals surface area contributed by atoms with Gasteiger partial charge in [-0.2, -0.15) is 5.10 Å². The minimum absolute atomic E-state index is 0.499. The van der Waals surface area contributed by atoms with Crippen LogP contribution in [0.2, 0.25) is 0 Å². The Bertz CT molecular complexity index is 674. The molecule has 0 bridgehead atoms. The van der Waals surface area contributed by atoms with E-state index >= 15 is 0 Å². The molecule has 1 aliphatic rings. The van der Waals surface area contributed by atoms with Gasteiger partial charge in [-0.25, -0.2) is 9.67 Å². The van der Waals surface area contributed by atoms with Crippen LogP contribution in [0.1, 0.15) is 38.1 Å². The van der Waals surface area contributed by atoms with E-state index < -0.39 is 0 Å². The lowest BCUT2D eigenvalue weighted by Gasteiger charge is -2.21. The molecule has 5 heteroatoms. The molecule has 98 valence electrons. The van der Waals surface area contributed by atoms with E-state index in [1.54, 1.807) is 6.26 Å². The van der Waals surface area contributed by atoms with E-state index in [1.807, 2.05) is 18.3 Å². The molecule has 0 amide bonds. The van der Waals surface area contributed by atoms with Crippen molar-refractivity contribution < 1.29 is 4.42 Å². The molecular formula is C14H16N4O. The van der Waals surface area contributed by atoms with Crippen LogP contribution in [0.25, 0.3) is 22.7 Å². The third kappa shape index (κ3) is 1.77. The summed E-state index contributed by atoms with van der Waals surface area (Å²) < 4.78 is 7.46. The van der Waals surface area contributed by atoms with E-state index in [9.17, 15) is 0 Å². The third-order valence-electron chi connectivity index (χ3n) is 3.92. The number of fused-ring (bicyclic) bond motifs is 1. The fourth-order valence-corrected chi connectivity index (χ4v) is 2.94. The normalized spacial score (nSPS) is 17.3. The molecule has 3 aromatic heterocycles. The molecule has 1 N–H and O–H groups in total. The first-order valence-corrected chi connectivity index (χ1v) is 6.89. The van der Waals surface area contributed by atoms with Gasteiger partial charge in [0.25, 0.3) is 0 Å². The minimum Gasteiger partial charge on any atom is -0.461 e. The molecule has 1 aliphatic carbocycles. The number of aromatic amines is 1. The molecule has 1 fully saturated rings. The molecule has 4 rings (SSSR count). The van der Waals surface area contributed by atoms with Crippen molar-refractivity contribution in [3.8, 4) is 11.6 Å². The lowest BCUT2D eigenvalue weighted by molar-refractivity contribution is 0.336. The molecule has 0 spiro atoms. The highest BCUT2D eigenvalue weighted by atomic mass is 16.3. The lowest BCUT2D eigenvalue weighted by Crippen LogP contribution is -2.14. The largest absolute Gasteiger partial charge is 0.461 e. The van der Waals surface area contributed by atoms with Crippen LogP contribution in [0, 0.1) is 0 Å². The van der Waals surface area contributed by atoms with Crippen molar-refractivity contribution in [1.82, 2.24) is 19.7 Å². The van der Waals surface area contributed by atoms with Gasteiger partial charge in [0, 0.05) is 0 Å². The molecule has 1 saturated carbocycles. The van der Waals surface area contributed by atoms with Crippen molar-refractivity contribution in [2.75, 3.05) is 0 Å². The fourth-order valence-electron chi connectivity index (χ4n) is 2.94. The number of nitrogens with one attached hydrogen (secondary N) is 1. The Morgan fingerprint density at radius 2 is 2.16 bits per heavy atom. The van der Waals surface area contributed by atoms with E-state index in [4.69, 9.17) is 4.42 Å². The Balaban J connectivity index is 1.76. The highest BCUT2D eigenvalue weighted by molar-refractivity contribution is 5.74. The summed E-state index contributed by atoms with van der Waals surface area (Å²) in [6.45, 7) is 0. The van der Waals surface area contributed by atoms with Crippen LogP contribution in [0.15, 0.2) is 29.0 Å². The van der Waals surface area contributed by atoms with Crippen LogP contribution in [0.4, 0.5) is 0 Å². The van der Waals surface area contributed by atoms with E-state index in [2.05, 4.69) is 19.7 Å². The Labute approximate surface area is 110 Å². The van der Waals surface area contributed by atoms with Gasteiger partial charge in [-0.1, -0.05) is 19.3 Å². The van der Waals surface area contributed by atoms with E-state index in [-0.39, 0.29) is 0 Å². The second kappa shape index (κ2) is 4.26. The molecule has 0 unspecified atom stereocenters. The van der Waals surface area contributed by atoms with Crippen molar-refractivity contribution in [3.05, 3.63) is 24.6 Å². The molecule has 3 heterocycles. The van der Waals surface area contributed by atoms with Crippen molar-refractivity contribution in [2.45, 2.75) is 38.1 Å².